The molecule has 0 radical (unpaired) electrons. The van der Waals surface area contributed by atoms with Gasteiger partial charge in [0.15, 0.2) is 11.8 Å². The number of pyridine rings is 1. The third-order valence-corrected chi connectivity index (χ3v) is 7.92. The van der Waals surface area contributed by atoms with E-state index in [9.17, 15) is 18.7 Å². The minimum atomic E-state index is -0.886. The van der Waals surface area contributed by atoms with Gasteiger partial charge in [-0.25, -0.2) is 8.78 Å². The van der Waals surface area contributed by atoms with Crippen LogP contribution in [0.25, 0.3) is 21.7 Å². The van der Waals surface area contributed by atoms with E-state index in [0.717, 1.165) is 30.3 Å². The Bertz CT molecular complexity index is 1200. The number of benzene rings is 1. The van der Waals surface area contributed by atoms with Gasteiger partial charge in [0.05, 0.1) is 11.6 Å². The molecule has 2 aromatic heterocycles. The molecule has 5 rings (SSSR count). The second-order valence-electron chi connectivity index (χ2n) is 8.76. The van der Waals surface area contributed by atoms with Gasteiger partial charge in [0.1, 0.15) is 11.9 Å². The lowest BCUT2D eigenvalue weighted by atomic mass is 9.83. The summed E-state index contributed by atoms with van der Waals surface area (Å²) >= 11 is 1.32. The molecule has 0 amide bonds. The normalized spacial score (nSPS) is 24.6. The summed E-state index contributed by atoms with van der Waals surface area (Å²) in [6.45, 7) is -0.886. The predicted octanol–water partition coefficient (Wildman–Crippen LogP) is 4.63. The van der Waals surface area contributed by atoms with Crippen molar-refractivity contribution in [3.8, 4) is 27.4 Å². The molecule has 0 spiro atoms. The Hall–Kier alpha value is -2.81. The average Bonchev–Trinajstić information content (AvgIpc) is 3.44. The Morgan fingerprint density at radius 3 is 2.75 bits per heavy atom. The van der Waals surface area contributed by atoms with Crippen LogP contribution in [-0.4, -0.2) is 39.1 Å². The van der Waals surface area contributed by atoms with Crippen molar-refractivity contribution in [1.82, 2.24) is 14.8 Å². The number of anilines is 1. The van der Waals surface area contributed by atoms with Gasteiger partial charge in [0.2, 0.25) is 5.13 Å². The first-order chi connectivity index (χ1) is 15.4. The van der Waals surface area contributed by atoms with Crippen LogP contribution in [0.1, 0.15) is 25.7 Å². The molecule has 2 heterocycles. The van der Waals surface area contributed by atoms with E-state index < -0.39 is 18.5 Å². The van der Waals surface area contributed by atoms with Crippen LogP contribution in [0.3, 0.4) is 0 Å². The van der Waals surface area contributed by atoms with Crippen LogP contribution in [0.4, 0.5) is 13.9 Å². The number of alkyl halides is 2. The van der Waals surface area contributed by atoms with Gasteiger partial charge in [-0.2, -0.15) is 0 Å². The Morgan fingerprint density at radius 2 is 2.00 bits per heavy atom. The monoisotopic (exact) mass is 458 g/mol. The van der Waals surface area contributed by atoms with Gasteiger partial charge in [-0.05, 0) is 66.8 Å². The van der Waals surface area contributed by atoms with Gasteiger partial charge in [-0.3, -0.25) is 9.36 Å². The molecule has 1 aromatic carbocycles. The Kier molecular flexibility index (Phi) is 5.44. The van der Waals surface area contributed by atoms with Crippen LogP contribution in [-0.2, 0) is 6.80 Å². The number of phenols is 1. The molecule has 1 N–H and O–H groups in total. The first kappa shape index (κ1) is 21.1. The fraction of sp³-hybridized carbons (Fsp3) is 0.435. The van der Waals surface area contributed by atoms with Gasteiger partial charge < -0.3 is 10.0 Å². The summed E-state index contributed by atoms with van der Waals surface area (Å²) in [5, 5.41) is 20.3. The van der Waals surface area contributed by atoms with Crippen molar-refractivity contribution in [2.24, 2.45) is 11.8 Å². The van der Waals surface area contributed by atoms with E-state index in [1.807, 2.05) is 11.9 Å². The van der Waals surface area contributed by atoms with Crippen LogP contribution in [0.15, 0.2) is 41.3 Å². The van der Waals surface area contributed by atoms with E-state index in [-0.39, 0.29) is 17.7 Å². The van der Waals surface area contributed by atoms with Gasteiger partial charge in [-0.15, -0.1) is 10.2 Å². The molecule has 0 saturated heterocycles. The molecule has 168 valence electrons. The quantitative estimate of drug-likeness (QED) is 0.604. The predicted molar refractivity (Wildman–Crippen MR) is 120 cm³/mol. The molecule has 3 aromatic rings. The number of halogens is 2. The molecule has 0 aliphatic heterocycles. The van der Waals surface area contributed by atoms with Crippen LogP contribution in [0.2, 0.25) is 0 Å². The summed E-state index contributed by atoms with van der Waals surface area (Å²) in [5.41, 5.74) is 1.28. The molecule has 9 heteroatoms. The highest BCUT2D eigenvalue weighted by Crippen LogP contribution is 2.46. The van der Waals surface area contributed by atoms with E-state index in [0.29, 0.717) is 32.7 Å². The molecule has 2 saturated carbocycles. The Balaban J connectivity index is 1.38. The molecule has 2 bridgehead atoms. The number of phenolic OH excluding ortho intramolecular Hbond substituents is 1. The molecule has 0 unspecified atom stereocenters. The summed E-state index contributed by atoms with van der Waals surface area (Å²) in [7, 11) is 1.87. The number of hydrogen-bond donors (Lipinski definition) is 1. The van der Waals surface area contributed by atoms with E-state index in [2.05, 4.69) is 10.2 Å². The van der Waals surface area contributed by atoms with Gasteiger partial charge in [0, 0.05) is 19.3 Å². The zero-order valence-electron chi connectivity index (χ0n) is 17.6. The molecule has 2 aliphatic carbocycles. The highest BCUT2D eigenvalue weighted by atomic mass is 32.1. The molecule has 2 fully saturated rings. The number of rotatable bonds is 5. The second kappa shape index (κ2) is 8.27. The maximum absolute atomic E-state index is 15.0. The second-order valence-corrected chi connectivity index (χ2v) is 9.72. The summed E-state index contributed by atoms with van der Waals surface area (Å²) in [6, 6.07) is 7.80. The Labute approximate surface area is 188 Å². The zero-order valence-corrected chi connectivity index (χ0v) is 18.4. The van der Waals surface area contributed by atoms with E-state index >= 15 is 0 Å². The molecule has 6 nitrogen and oxygen atoms in total. The number of nitrogens with zero attached hydrogens (tertiary/aromatic N) is 4. The smallest absolute Gasteiger partial charge is 0.253 e. The maximum atomic E-state index is 15.0. The van der Waals surface area contributed by atoms with Crippen molar-refractivity contribution >= 4 is 16.5 Å². The fourth-order valence-electron chi connectivity index (χ4n) is 5.06. The molecular weight excluding hydrogens is 434 g/mol. The highest BCUT2D eigenvalue weighted by molar-refractivity contribution is 7.18. The van der Waals surface area contributed by atoms with Gasteiger partial charge >= 0.3 is 0 Å². The minimum Gasteiger partial charge on any atom is -0.507 e. The summed E-state index contributed by atoms with van der Waals surface area (Å²) in [6.07, 6.45) is 4.44. The minimum absolute atomic E-state index is 0.00148. The lowest BCUT2D eigenvalue weighted by molar-refractivity contribution is 0.144. The van der Waals surface area contributed by atoms with Crippen LogP contribution >= 0.6 is 11.3 Å². The summed E-state index contributed by atoms with van der Waals surface area (Å²) in [4.78, 5) is 13.8. The number of fused-ring (bicyclic) bond motifs is 2. The van der Waals surface area contributed by atoms with Gasteiger partial charge in [0.25, 0.3) is 5.56 Å². The SMILES string of the molecule is CN(c1nnc(-c2ccc(-c3ccn(CF)c(=O)c3)cc2O)s1)[C@@H]1C[C@H]2CC[C@H](C2)[C@@H]1F. The van der Waals surface area contributed by atoms with Crippen molar-refractivity contribution in [2.45, 2.75) is 44.7 Å². The van der Waals surface area contributed by atoms with E-state index in [1.54, 1.807) is 24.3 Å². The van der Waals surface area contributed by atoms with Crippen LogP contribution in [0.5, 0.6) is 5.75 Å². The highest BCUT2D eigenvalue weighted by Gasteiger charge is 2.44. The molecular formula is C23H24F2N4O2S. The lowest BCUT2D eigenvalue weighted by Crippen LogP contribution is -2.45. The Morgan fingerprint density at radius 1 is 1.19 bits per heavy atom. The number of aromatic nitrogens is 3. The molecule has 32 heavy (non-hydrogen) atoms. The first-order valence-corrected chi connectivity index (χ1v) is 11.6. The third-order valence-electron chi connectivity index (χ3n) is 6.87. The lowest BCUT2D eigenvalue weighted by Gasteiger charge is -2.37. The standard InChI is InChI=1S/C23H24F2N4O2S/c1-28(18-9-13-2-3-16(8-13)21(18)25)23-27-26-22(32-23)17-5-4-14(10-19(17)30)15-6-7-29(12-24)20(31)11-15/h4-7,10-11,13,16,18,21,30H,2-3,8-9,12H2,1H3/t13-,16+,18+,21-/m0/s1. The average molecular weight is 459 g/mol. The third kappa shape index (κ3) is 3.68. The van der Waals surface area contributed by atoms with E-state index in [4.69, 9.17) is 0 Å². The van der Waals surface area contributed by atoms with E-state index in [1.165, 1.54) is 23.6 Å². The van der Waals surface area contributed by atoms with Crippen molar-refractivity contribution in [3.05, 3.63) is 46.9 Å². The van der Waals surface area contributed by atoms with Crippen molar-refractivity contribution < 1.29 is 13.9 Å². The first-order valence-electron chi connectivity index (χ1n) is 10.7. The summed E-state index contributed by atoms with van der Waals surface area (Å²) in [5.74, 6) is 0.745. The van der Waals surface area contributed by atoms with Crippen molar-refractivity contribution in [1.29, 1.82) is 0 Å². The molecule has 2 aliphatic rings. The van der Waals surface area contributed by atoms with Crippen LogP contribution in [0, 0.1) is 11.8 Å². The summed E-state index contributed by atoms with van der Waals surface area (Å²) < 4.78 is 28.7. The number of hydrogen-bond acceptors (Lipinski definition) is 6. The zero-order chi connectivity index (χ0) is 22.4. The number of aromatic hydroxyl groups is 1. The maximum Gasteiger partial charge on any atom is 0.253 e. The fourth-order valence-corrected chi connectivity index (χ4v) is 5.96. The largest absolute Gasteiger partial charge is 0.507 e. The van der Waals surface area contributed by atoms with Crippen molar-refractivity contribution in [2.75, 3.05) is 11.9 Å². The van der Waals surface area contributed by atoms with Gasteiger partial charge in [-0.1, -0.05) is 17.4 Å². The van der Waals surface area contributed by atoms with Crippen molar-refractivity contribution in [3.63, 3.8) is 0 Å². The van der Waals surface area contributed by atoms with Crippen LogP contribution < -0.4 is 10.5 Å². The molecule has 4 atom stereocenters. The topological polar surface area (TPSA) is 71.2 Å².